The fraction of sp³-hybridized carbons (Fsp3) is 0.167. The molecule has 0 aliphatic heterocycles. The molecule has 0 unspecified atom stereocenters. The molecule has 0 aliphatic carbocycles. The van der Waals surface area contributed by atoms with E-state index < -0.39 is 6.10 Å². The summed E-state index contributed by atoms with van der Waals surface area (Å²) in [6.45, 7) is 1.71. The lowest BCUT2D eigenvalue weighted by molar-refractivity contribution is 0.195. The van der Waals surface area contributed by atoms with Crippen molar-refractivity contribution in [2.24, 2.45) is 0 Å². The topological polar surface area (TPSA) is 46.0 Å². The molecule has 1 atom stereocenters. The van der Waals surface area contributed by atoms with E-state index in [1.165, 1.54) is 11.8 Å². The van der Waals surface area contributed by atoms with Crippen molar-refractivity contribution in [3.63, 3.8) is 0 Å². The highest BCUT2D eigenvalue weighted by atomic mass is 35.5. The molecule has 17 heavy (non-hydrogen) atoms. The molecule has 0 saturated heterocycles. The van der Waals surface area contributed by atoms with Crippen molar-refractivity contribution < 1.29 is 5.11 Å². The summed E-state index contributed by atoms with van der Waals surface area (Å²) in [6.07, 6.45) is 2.80. The van der Waals surface area contributed by atoms with Crippen LogP contribution in [-0.4, -0.2) is 15.1 Å². The van der Waals surface area contributed by atoms with Gasteiger partial charge in [0.15, 0.2) is 0 Å². The smallest absolute Gasteiger partial charge is 0.121 e. The minimum absolute atomic E-state index is 0.561. The SMILES string of the molecule is C[C@@H](O)c1cccnc1Sc1ncccc1Cl. The Morgan fingerprint density at radius 2 is 1.82 bits per heavy atom. The molecular formula is C12H11ClN2OS. The summed E-state index contributed by atoms with van der Waals surface area (Å²) in [5.74, 6) is 0. The van der Waals surface area contributed by atoms with E-state index in [0.29, 0.717) is 10.0 Å². The van der Waals surface area contributed by atoms with Crippen LogP contribution in [-0.2, 0) is 0 Å². The zero-order valence-corrected chi connectivity index (χ0v) is 10.7. The number of aliphatic hydroxyl groups excluding tert-OH is 1. The standard InChI is InChI=1S/C12H11ClN2OS/c1-8(16)9-4-2-6-14-11(9)17-12-10(13)5-3-7-15-12/h2-8,16H,1H3/t8-/m1/s1. The van der Waals surface area contributed by atoms with Crippen molar-refractivity contribution in [1.82, 2.24) is 9.97 Å². The van der Waals surface area contributed by atoms with E-state index in [2.05, 4.69) is 9.97 Å². The third-order valence-electron chi connectivity index (χ3n) is 2.17. The van der Waals surface area contributed by atoms with Crippen LogP contribution in [0.15, 0.2) is 46.7 Å². The van der Waals surface area contributed by atoms with Crippen LogP contribution >= 0.6 is 23.4 Å². The summed E-state index contributed by atoms with van der Waals surface area (Å²) in [7, 11) is 0. The Hall–Kier alpha value is -1.10. The first-order valence-corrected chi connectivity index (χ1v) is 6.29. The molecule has 0 radical (unpaired) electrons. The van der Waals surface area contributed by atoms with Gasteiger partial charge in [-0.05, 0) is 36.9 Å². The number of halogens is 1. The Kier molecular flexibility index (Phi) is 3.99. The van der Waals surface area contributed by atoms with E-state index in [4.69, 9.17) is 11.6 Å². The maximum absolute atomic E-state index is 9.65. The van der Waals surface area contributed by atoms with Gasteiger partial charge >= 0.3 is 0 Å². The van der Waals surface area contributed by atoms with Gasteiger partial charge in [-0.2, -0.15) is 0 Å². The second-order valence-corrected chi connectivity index (χ2v) is 4.85. The molecule has 0 aliphatic rings. The van der Waals surface area contributed by atoms with E-state index in [-0.39, 0.29) is 0 Å². The average molecular weight is 267 g/mol. The molecule has 0 aromatic carbocycles. The number of rotatable bonds is 3. The van der Waals surface area contributed by atoms with Crippen LogP contribution in [0.4, 0.5) is 0 Å². The highest BCUT2D eigenvalue weighted by Gasteiger charge is 2.12. The molecule has 88 valence electrons. The third-order valence-corrected chi connectivity index (χ3v) is 3.64. The van der Waals surface area contributed by atoms with Gasteiger partial charge in [0, 0.05) is 18.0 Å². The van der Waals surface area contributed by atoms with Gasteiger partial charge < -0.3 is 5.11 Å². The van der Waals surface area contributed by atoms with Gasteiger partial charge in [-0.25, -0.2) is 9.97 Å². The predicted molar refractivity (Wildman–Crippen MR) is 68.2 cm³/mol. The molecule has 1 N–H and O–H groups in total. The van der Waals surface area contributed by atoms with Gasteiger partial charge in [0.25, 0.3) is 0 Å². The van der Waals surface area contributed by atoms with Crippen LogP contribution in [0.5, 0.6) is 0 Å². The molecule has 0 spiro atoms. The lowest BCUT2D eigenvalue weighted by Gasteiger charge is -2.10. The summed E-state index contributed by atoms with van der Waals surface area (Å²) < 4.78 is 0. The van der Waals surface area contributed by atoms with E-state index >= 15 is 0 Å². The van der Waals surface area contributed by atoms with Gasteiger partial charge in [-0.15, -0.1) is 0 Å². The molecule has 0 amide bonds. The van der Waals surface area contributed by atoms with Crippen LogP contribution < -0.4 is 0 Å². The van der Waals surface area contributed by atoms with Crippen molar-refractivity contribution >= 4 is 23.4 Å². The second kappa shape index (κ2) is 5.49. The molecule has 5 heteroatoms. The van der Waals surface area contributed by atoms with Crippen molar-refractivity contribution in [1.29, 1.82) is 0 Å². The number of hydrogen-bond donors (Lipinski definition) is 1. The first kappa shape index (κ1) is 12.4. The molecule has 3 nitrogen and oxygen atoms in total. The first-order chi connectivity index (χ1) is 8.18. The number of aliphatic hydroxyl groups is 1. The van der Waals surface area contributed by atoms with Gasteiger partial charge in [0.05, 0.1) is 11.1 Å². The third kappa shape index (κ3) is 2.97. The van der Waals surface area contributed by atoms with Crippen LogP contribution in [0.3, 0.4) is 0 Å². The molecule has 0 saturated carbocycles. The van der Waals surface area contributed by atoms with E-state index in [9.17, 15) is 5.11 Å². The number of pyridine rings is 2. The molecule has 0 bridgehead atoms. The van der Waals surface area contributed by atoms with Gasteiger partial charge in [0.2, 0.25) is 0 Å². The van der Waals surface area contributed by atoms with Gasteiger partial charge in [0.1, 0.15) is 10.1 Å². The number of aromatic nitrogens is 2. The maximum atomic E-state index is 9.65. The van der Waals surface area contributed by atoms with Gasteiger partial charge in [-0.3, -0.25) is 0 Å². The largest absolute Gasteiger partial charge is 0.389 e. The summed E-state index contributed by atoms with van der Waals surface area (Å²) in [4.78, 5) is 8.42. The molecule has 2 rings (SSSR count). The summed E-state index contributed by atoms with van der Waals surface area (Å²) in [5, 5.41) is 11.6. The number of hydrogen-bond acceptors (Lipinski definition) is 4. The van der Waals surface area contributed by atoms with E-state index in [0.717, 1.165) is 10.6 Å². The van der Waals surface area contributed by atoms with Crippen molar-refractivity contribution in [2.75, 3.05) is 0 Å². The van der Waals surface area contributed by atoms with E-state index in [1.54, 1.807) is 37.5 Å². The Labute approximate surface area is 109 Å². The molecule has 2 aromatic heterocycles. The molecular weight excluding hydrogens is 256 g/mol. The summed E-state index contributed by atoms with van der Waals surface area (Å²) in [5.41, 5.74) is 0.777. The average Bonchev–Trinajstić information content (AvgIpc) is 2.32. The minimum Gasteiger partial charge on any atom is -0.389 e. The highest BCUT2D eigenvalue weighted by Crippen LogP contribution is 2.33. The minimum atomic E-state index is -0.561. The quantitative estimate of drug-likeness (QED) is 0.926. The van der Waals surface area contributed by atoms with Crippen molar-refractivity contribution in [3.05, 3.63) is 47.2 Å². The van der Waals surface area contributed by atoms with Crippen molar-refractivity contribution in [2.45, 2.75) is 23.1 Å². The lowest BCUT2D eigenvalue weighted by atomic mass is 10.2. The van der Waals surface area contributed by atoms with Crippen LogP contribution in [0.25, 0.3) is 0 Å². The van der Waals surface area contributed by atoms with E-state index in [1.807, 2.05) is 6.07 Å². The zero-order chi connectivity index (χ0) is 12.3. The first-order valence-electron chi connectivity index (χ1n) is 5.10. The Morgan fingerprint density at radius 1 is 1.18 bits per heavy atom. The second-order valence-electron chi connectivity index (χ2n) is 3.47. The lowest BCUT2D eigenvalue weighted by Crippen LogP contribution is -1.96. The molecule has 2 aromatic rings. The summed E-state index contributed by atoms with van der Waals surface area (Å²) in [6, 6.07) is 7.20. The fourth-order valence-electron chi connectivity index (χ4n) is 1.34. The molecule has 0 fully saturated rings. The monoisotopic (exact) mass is 266 g/mol. The fourth-order valence-corrected chi connectivity index (χ4v) is 2.51. The predicted octanol–water partition coefficient (Wildman–Crippen LogP) is 3.33. The Morgan fingerprint density at radius 3 is 2.47 bits per heavy atom. The Bertz CT molecular complexity index is 519. The highest BCUT2D eigenvalue weighted by molar-refractivity contribution is 7.99. The van der Waals surface area contributed by atoms with Gasteiger partial charge in [-0.1, -0.05) is 17.7 Å². The maximum Gasteiger partial charge on any atom is 0.121 e. The van der Waals surface area contributed by atoms with Crippen LogP contribution in [0, 0.1) is 0 Å². The van der Waals surface area contributed by atoms with Crippen molar-refractivity contribution in [3.8, 4) is 0 Å². The van der Waals surface area contributed by atoms with Crippen LogP contribution in [0.1, 0.15) is 18.6 Å². The number of nitrogens with zero attached hydrogens (tertiary/aromatic N) is 2. The van der Waals surface area contributed by atoms with Crippen LogP contribution in [0.2, 0.25) is 5.02 Å². The zero-order valence-electron chi connectivity index (χ0n) is 9.17. The summed E-state index contributed by atoms with van der Waals surface area (Å²) >= 11 is 7.39. The molecule has 2 heterocycles. The Balaban J connectivity index is 2.34. The normalized spacial score (nSPS) is 12.4.